The lowest BCUT2D eigenvalue weighted by Gasteiger charge is -2.26. The maximum atomic E-state index is 3.78. The molecule has 19 heavy (non-hydrogen) atoms. The molecule has 0 aromatic rings. The van der Waals surface area contributed by atoms with Crippen LogP contribution < -0.4 is 5.32 Å². The molecule has 1 atom stereocenters. The summed E-state index contributed by atoms with van der Waals surface area (Å²) in [5, 5.41) is 3.78. The van der Waals surface area contributed by atoms with E-state index >= 15 is 0 Å². The van der Waals surface area contributed by atoms with Crippen molar-refractivity contribution >= 4 is 0 Å². The van der Waals surface area contributed by atoms with Gasteiger partial charge in [0.1, 0.15) is 0 Å². The van der Waals surface area contributed by atoms with Crippen molar-refractivity contribution in [2.45, 2.75) is 104 Å². The van der Waals surface area contributed by atoms with Crippen molar-refractivity contribution in [3.05, 3.63) is 0 Å². The van der Waals surface area contributed by atoms with E-state index in [0.29, 0.717) is 0 Å². The van der Waals surface area contributed by atoms with E-state index in [9.17, 15) is 0 Å². The monoisotopic (exact) mass is 269 g/mol. The van der Waals surface area contributed by atoms with E-state index in [1.807, 2.05) is 0 Å². The van der Waals surface area contributed by atoms with Crippen LogP contribution in [0.15, 0.2) is 0 Å². The van der Waals surface area contributed by atoms with Crippen LogP contribution in [0.4, 0.5) is 0 Å². The van der Waals surface area contributed by atoms with Crippen molar-refractivity contribution in [3.8, 4) is 0 Å². The fraction of sp³-hybridized carbons (Fsp3) is 1.00. The molecular formula is C18H39N. The Balaban J connectivity index is 3.72. The first kappa shape index (κ1) is 19.0. The molecule has 0 saturated carbocycles. The first-order valence-corrected chi connectivity index (χ1v) is 9.03. The molecule has 1 heteroatoms. The summed E-state index contributed by atoms with van der Waals surface area (Å²) in [4.78, 5) is 0. The first-order chi connectivity index (χ1) is 9.29. The van der Waals surface area contributed by atoms with Gasteiger partial charge in [-0.05, 0) is 25.3 Å². The Labute approximate surface area is 122 Å². The molecule has 0 heterocycles. The lowest BCUT2D eigenvalue weighted by atomic mass is 9.90. The number of hydrogen-bond acceptors (Lipinski definition) is 1. The zero-order chi connectivity index (χ0) is 14.3. The Morgan fingerprint density at radius 2 is 1.26 bits per heavy atom. The fourth-order valence-electron chi connectivity index (χ4n) is 3.01. The van der Waals surface area contributed by atoms with Crippen molar-refractivity contribution in [3.63, 3.8) is 0 Å². The molecule has 0 bridgehead atoms. The predicted octanol–water partition coefficient (Wildman–Crippen LogP) is 5.93. The van der Waals surface area contributed by atoms with E-state index in [0.717, 1.165) is 12.0 Å². The molecule has 0 aromatic heterocycles. The van der Waals surface area contributed by atoms with Gasteiger partial charge >= 0.3 is 0 Å². The van der Waals surface area contributed by atoms with Gasteiger partial charge in [0.25, 0.3) is 0 Å². The Kier molecular flexibility index (Phi) is 14.3. The average molecular weight is 270 g/mol. The van der Waals surface area contributed by atoms with Crippen LogP contribution >= 0.6 is 0 Å². The van der Waals surface area contributed by atoms with E-state index in [1.165, 1.54) is 77.2 Å². The largest absolute Gasteiger partial charge is 0.314 e. The maximum Gasteiger partial charge on any atom is 0.00951 e. The topological polar surface area (TPSA) is 12.0 Å². The van der Waals surface area contributed by atoms with E-state index in [-0.39, 0.29) is 0 Å². The lowest BCUT2D eigenvalue weighted by Crippen LogP contribution is -2.36. The molecule has 0 fully saturated rings. The second-order valence-electron chi connectivity index (χ2n) is 6.05. The number of unbranched alkanes of at least 4 members (excludes halogenated alkanes) is 6. The van der Waals surface area contributed by atoms with Crippen molar-refractivity contribution in [2.24, 2.45) is 5.92 Å². The molecule has 0 aliphatic carbocycles. The van der Waals surface area contributed by atoms with E-state index in [4.69, 9.17) is 0 Å². The van der Waals surface area contributed by atoms with Gasteiger partial charge in [-0.1, -0.05) is 85.5 Å². The summed E-state index contributed by atoms with van der Waals surface area (Å²) in [5.41, 5.74) is 0. The van der Waals surface area contributed by atoms with Gasteiger partial charge in [0.2, 0.25) is 0 Å². The quantitative estimate of drug-likeness (QED) is 0.385. The van der Waals surface area contributed by atoms with E-state index < -0.39 is 0 Å². The van der Waals surface area contributed by atoms with Crippen molar-refractivity contribution < 1.29 is 0 Å². The van der Waals surface area contributed by atoms with Gasteiger partial charge in [-0.2, -0.15) is 0 Å². The Hall–Kier alpha value is -0.0400. The molecule has 0 aromatic carbocycles. The van der Waals surface area contributed by atoms with Crippen LogP contribution in [-0.2, 0) is 0 Å². The zero-order valence-corrected chi connectivity index (χ0v) is 14.1. The molecule has 0 saturated heterocycles. The van der Waals surface area contributed by atoms with Crippen molar-refractivity contribution in [2.75, 3.05) is 6.54 Å². The SMILES string of the molecule is CCCCCCCCCC(NCCC)C(CC)CC. The van der Waals surface area contributed by atoms with Crippen LogP contribution in [0.2, 0.25) is 0 Å². The third-order valence-corrected chi connectivity index (χ3v) is 4.39. The van der Waals surface area contributed by atoms with Crippen LogP contribution in [0, 0.1) is 5.92 Å². The fourth-order valence-corrected chi connectivity index (χ4v) is 3.01. The minimum absolute atomic E-state index is 0.769. The van der Waals surface area contributed by atoms with Gasteiger partial charge in [-0.15, -0.1) is 0 Å². The molecule has 0 amide bonds. The van der Waals surface area contributed by atoms with E-state index in [2.05, 4.69) is 33.0 Å². The average Bonchev–Trinajstić information content (AvgIpc) is 2.44. The summed E-state index contributed by atoms with van der Waals surface area (Å²) in [5.74, 6) is 0.881. The Bertz CT molecular complexity index is 163. The molecule has 116 valence electrons. The summed E-state index contributed by atoms with van der Waals surface area (Å²) in [6.07, 6.45) is 15.3. The van der Waals surface area contributed by atoms with Gasteiger partial charge in [-0.25, -0.2) is 0 Å². The minimum Gasteiger partial charge on any atom is -0.314 e. The summed E-state index contributed by atoms with van der Waals surface area (Å²) in [7, 11) is 0. The van der Waals surface area contributed by atoms with Gasteiger partial charge in [0, 0.05) is 6.04 Å². The second-order valence-corrected chi connectivity index (χ2v) is 6.05. The summed E-state index contributed by atoms with van der Waals surface area (Å²) in [6.45, 7) is 10.4. The number of hydrogen-bond donors (Lipinski definition) is 1. The molecule has 0 spiro atoms. The molecule has 1 N–H and O–H groups in total. The molecule has 1 unspecified atom stereocenters. The zero-order valence-electron chi connectivity index (χ0n) is 14.1. The lowest BCUT2D eigenvalue weighted by molar-refractivity contribution is 0.309. The minimum atomic E-state index is 0.769. The molecular weight excluding hydrogens is 230 g/mol. The van der Waals surface area contributed by atoms with E-state index in [1.54, 1.807) is 0 Å². The normalized spacial score (nSPS) is 13.1. The van der Waals surface area contributed by atoms with Crippen molar-refractivity contribution in [1.29, 1.82) is 0 Å². The molecule has 0 aliphatic rings. The predicted molar refractivity (Wildman–Crippen MR) is 88.8 cm³/mol. The third-order valence-electron chi connectivity index (χ3n) is 4.39. The standard InChI is InChI=1S/C18H39N/c1-5-9-10-11-12-13-14-15-18(19-16-6-2)17(7-3)8-4/h17-19H,5-16H2,1-4H3. The van der Waals surface area contributed by atoms with Crippen LogP contribution in [0.25, 0.3) is 0 Å². The molecule has 0 aliphatic heterocycles. The van der Waals surface area contributed by atoms with Crippen LogP contribution in [0.3, 0.4) is 0 Å². The molecule has 1 nitrogen and oxygen atoms in total. The second kappa shape index (κ2) is 14.4. The maximum absolute atomic E-state index is 3.78. The van der Waals surface area contributed by atoms with Crippen LogP contribution in [-0.4, -0.2) is 12.6 Å². The first-order valence-electron chi connectivity index (χ1n) is 9.03. The van der Waals surface area contributed by atoms with Crippen LogP contribution in [0.5, 0.6) is 0 Å². The highest BCUT2D eigenvalue weighted by molar-refractivity contribution is 4.74. The van der Waals surface area contributed by atoms with Gasteiger partial charge in [0.05, 0.1) is 0 Å². The van der Waals surface area contributed by atoms with Gasteiger partial charge in [0.15, 0.2) is 0 Å². The highest BCUT2D eigenvalue weighted by atomic mass is 14.9. The smallest absolute Gasteiger partial charge is 0.00951 e. The summed E-state index contributed by atoms with van der Waals surface area (Å²) in [6, 6.07) is 0.769. The summed E-state index contributed by atoms with van der Waals surface area (Å²) >= 11 is 0. The highest BCUT2D eigenvalue weighted by Gasteiger charge is 2.16. The van der Waals surface area contributed by atoms with Gasteiger partial charge in [-0.3, -0.25) is 0 Å². The van der Waals surface area contributed by atoms with Crippen LogP contribution in [0.1, 0.15) is 98.3 Å². The number of nitrogens with one attached hydrogen (secondary N) is 1. The molecule has 0 rings (SSSR count). The van der Waals surface area contributed by atoms with Crippen molar-refractivity contribution in [1.82, 2.24) is 5.32 Å². The Morgan fingerprint density at radius 1 is 0.684 bits per heavy atom. The third kappa shape index (κ3) is 10.4. The summed E-state index contributed by atoms with van der Waals surface area (Å²) < 4.78 is 0. The molecule has 0 radical (unpaired) electrons. The van der Waals surface area contributed by atoms with Gasteiger partial charge < -0.3 is 5.32 Å². The Morgan fingerprint density at radius 3 is 1.79 bits per heavy atom. The number of rotatable bonds is 14. The highest BCUT2D eigenvalue weighted by Crippen LogP contribution is 2.19.